The first-order chi connectivity index (χ1) is 24.6. The van der Waals surface area contributed by atoms with Gasteiger partial charge in [-0.3, -0.25) is 9.59 Å². The van der Waals surface area contributed by atoms with Gasteiger partial charge in [0, 0.05) is 44.8 Å². The normalized spacial score (nSPS) is 12.3. The average Bonchev–Trinajstić information content (AvgIpc) is 3.08. The molecule has 0 spiro atoms. The Hall–Kier alpha value is -5.82. The summed E-state index contributed by atoms with van der Waals surface area (Å²) in [6.07, 6.45) is 1.48. The summed E-state index contributed by atoms with van der Waals surface area (Å²) in [5.74, 6) is -5.21. The largest absolute Gasteiger partial charge is 0.481 e. The van der Waals surface area contributed by atoms with E-state index < -0.39 is 76.2 Å². The number of methoxy groups -OCH3 is 2. The van der Waals surface area contributed by atoms with Gasteiger partial charge in [-0.2, -0.15) is 13.1 Å². The van der Waals surface area contributed by atoms with Gasteiger partial charge in [0.15, 0.2) is 0 Å². The van der Waals surface area contributed by atoms with Crippen LogP contribution in [0, 0.1) is 23.3 Å². The summed E-state index contributed by atoms with van der Waals surface area (Å²) in [4.78, 5) is 50.5. The molecule has 4 aromatic rings. The number of hydrogen-bond donors (Lipinski definition) is 3. The summed E-state index contributed by atoms with van der Waals surface area (Å²) in [6.45, 7) is 0. The summed E-state index contributed by atoms with van der Waals surface area (Å²) < 4.78 is 96.4. The quantitative estimate of drug-likeness (QED) is 0.164. The second-order valence-electron chi connectivity index (χ2n) is 11.2. The second kappa shape index (κ2) is 16.9. The van der Waals surface area contributed by atoms with Crippen molar-refractivity contribution in [1.29, 1.82) is 0 Å². The van der Waals surface area contributed by atoms with Gasteiger partial charge in [-0.25, -0.2) is 37.0 Å². The van der Waals surface area contributed by atoms with Gasteiger partial charge in [-0.05, 0) is 53.9 Å². The minimum atomic E-state index is -4.98. The number of carbonyl (C=O) groups excluding carboxylic acids is 3. The van der Waals surface area contributed by atoms with Crippen molar-refractivity contribution in [3.8, 4) is 11.8 Å². The minimum absolute atomic E-state index is 0.0533. The Morgan fingerprint density at radius 3 is 1.48 bits per heavy atom. The van der Waals surface area contributed by atoms with Crippen LogP contribution in [0.3, 0.4) is 0 Å². The standard InChI is InChI=1S/C33H33F4N7O7S/c1-43(25-5-7-29(50-3)38-17-25)31(45)27(13-19-9-21(34)15-22(35)10-19)40-33(47)42-52(48,49)41-28(14-20-11-23(36)16-24(37)12-20)32(46)44(2)26-6-8-30(51-4)39-18-26/h5-12,15-18,27-28,41H,13-14H2,1-4H3,(H2,40,42,47)/t27-,28-/m0/s1. The number of nitrogens with one attached hydrogen (secondary N) is 3. The number of pyridine rings is 2. The van der Waals surface area contributed by atoms with Crippen LogP contribution in [-0.4, -0.2) is 76.6 Å². The lowest BCUT2D eigenvalue weighted by molar-refractivity contribution is -0.120. The van der Waals surface area contributed by atoms with Crippen molar-refractivity contribution in [3.63, 3.8) is 0 Å². The first kappa shape index (κ1) is 39.0. The number of hydrogen-bond acceptors (Lipinski definition) is 9. The van der Waals surface area contributed by atoms with E-state index in [0.29, 0.717) is 12.1 Å². The van der Waals surface area contributed by atoms with Crippen LogP contribution < -0.4 is 34.0 Å². The van der Waals surface area contributed by atoms with Gasteiger partial charge >= 0.3 is 16.2 Å². The highest BCUT2D eigenvalue weighted by molar-refractivity contribution is 7.88. The number of aromatic nitrogens is 2. The average molecular weight is 748 g/mol. The molecule has 3 N–H and O–H groups in total. The van der Waals surface area contributed by atoms with Gasteiger partial charge in [-0.1, -0.05) is 0 Å². The molecule has 0 aliphatic heterocycles. The molecule has 0 aliphatic rings. The maximum atomic E-state index is 14.0. The molecular weight excluding hydrogens is 714 g/mol. The highest BCUT2D eigenvalue weighted by Crippen LogP contribution is 2.20. The SMILES string of the molecule is COc1ccc(N(C)C(=O)[C@H](Cc2cc(F)cc(F)c2)NC(=O)NS(=O)(=O)N[C@@H](Cc2cc(F)cc(F)c2)C(=O)N(C)c2ccc(OC)nc2)cn1. The molecular formula is C33H33F4N7O7S. The molecule has 52 heavy (non-hydrogen) atoms. The van der Waals surface area contributed by atoms with E-state index in [2.05, 4.69) is 15.3 Å². The van der Waals surface area contributed by atoms with Gasteiger partial charge in [0.25, 0.3) is 0 Å². The molecule has 2 aromatic carbocycles. The smallest absolute Gasteiger partial charge is 0.330 e. The van der Waals surface area contributed by atoms with Crippen molar-refractivity contribution in [1.82, 2.24) is 24.7 Å². The number of likely N-dealkylation sites (N-methyl/N-ethyl adjacent to an activating group) is 2. The van der Waals surface area contributed by atoms with E-state index in [1.165, 1.54) is 65.0 Å². The van der Waals surface area contributed by atoms with E-state index in [4.69, 9.17) is 9.47 Å². The zero-order chi connectivity index (χ0) is 38.2. The fourth-order valence-corrected chi connectivity index (χ4v) is 5.86. The molecule has 2 aromatic heterocycles. The lowest BCUT2D eigenvalue weighted by Crippen LogP contribution is -2.57. The van der Waals surface area contributed by atoms with E-state index in [-0.39, 0.29) is 34.3 Å². The maximum Gasteiger partial charge on any atom is 0.330 e. The Kier molecular flexibility index (Phi) is 12.7. The third-order valence-electron chi connectivity index (χ3n) is 7.45. The highest BCUT2D eigenvalue weighted by Gasteiger charge is 2.32. The Morgan fingerprint density at radius 2 is 1.10 bits per heavy atom. The van der Waals surface area contributed by atoms with Crippen molar-refractivity contribution < 1.29 is 49.8 Å². The summed E-state index contributed by atoms with van der Waals surface area (Å²) in [5, 5.41) is 2.20. The van der Waals surface area contributed by atoms with Crippen LogP contribution in [0.5, 0.6) is 11.8 Å². The third kappa shape index (κ3) is 10.6. The molecule has 0 saturated heterocycles. The predicted molar refractivity (Wildman–Crippen MR) is 180 cm³/mol. The van der Waals surface area contributed by atoms with Gasteiger partial charge in [-0.15, -0.1) is 0 Å². The Bertz CT molecular complexity index is 1980. The van der Waals surface area contributed by atoms with E-state index in [1.807, 2.05) is 4.72 Å². The number of ether oxygens (including phenoxy) is 2. The molecule has 276 valence electrons. The number of urea groups is 1. The number of nitrogens with zero attached hydrogens (tertiary/aromatic N) is 4. The Morgan fingerprint density at radius 1 is 0.692 bits per heavy atom. The number of carbonyl (C=O) groups is 3. The number of amides is 4. The molecule has 4 rings (SSSR count). The zero-order valence-corrected chi connectivity index (χ0v) is 28.9. The third-order valence-corrected chi connectivity index (χ3v) is 8.49. The van der Waals surface area contributed by atoms with Crippen LogP contribution in [0.1, 0.15) is 11.1 Å². The van der Waals surface area contributed by atoms with Crippen LogP contribution >= 0.6 is 0 Å². The fraction of sp³-hybridized carbons (Fsp3) is 0.242. The van der Waals surface area contributed by atoms with E-state index in [0.717, 1.165) is 34.1 Å². The number of benzene rings is 2. The van der Waals surface area contributed by atoms with Crippen LogP contribution in [-0.2, 0) is 32.6 Å². The van der Waals surface area contributed by atoms with Crippen molar-refractivity contribution in [3.05, 3.63) is 107 Å². The highest BCUT2D eigenvalue weighted by atomic mass is 32.2. The monoisotopic (exact) mass is 747 g/mol. The molecule has 0 fully saturated rings. The van der Waals surface area contributed by atoms with Crippen LogP contribution in [0.4, 0.5) is 33.7 Å². The van der Waals surface area contributed by atoms with Gasteiger partial charge in [0.1, 0.15) is 35.4 Å². The molecule has 0 radical (unpaired) electrons. The summed E-state index contributed by atoms with van der Waals surface area (Å²) >= 11 is 0. The van der Waals surface area contributed by atoms with Gasteiger partial charge < -0.3 is 24.6 Å². The minimum Gasteiger partial charge on any atom is -0.481 e. The molecule has 14 nitrogen and oxygen atoms in total. The summed E-state index contributed by atoms with van der Waals surface area (Å²) in [6, 6.07) is 5.81. The van der Waals surface area contributed by atoms with Crippen LogP contribution in [0.2, 0.25) is 0 Å². The lowest BCUT2D eigenvalue weighted by Gasteiger charge is -2.26. The second-order valence-corrected chi connectivity index (χ2v) is 12.6. The molecule has 0 bridgehead atoms. The molecule has 2 heterocycles. The van der Waals surface area contributed by atoms with Crippen LogP contribution in [0.25, 0.3) is 0 Å². The fourth-order valence-electron chi connectivity index (χ4n) is 4.94. The molecule has 4 amide bonds. The molecule has 0 unspecified atom stereocenters. The summed E-state index contributed by atoms with van der Waals surface area (Å²) in [5.41, 5.74) is 0.261. The Balaban J connectivity index is 1.58. The Labute approximate surface area is 295 Å². The van der Waals surface area contributed by atoms with Crippen molar-refractivity contribution >= 4 is 39.4 Å². The lowest BCUT2D eigenvalue weighted by atomic mass is 10.0. The van der Waals surface area contributed by atoms with Crippen molar-refractivity contribution in [2.75, 3.05) is 38.1 Å². The van der Waals surface area contributed by atoms with E-state index in [1.54, 1.807) is 4.72 Å². The maximum absolute atomic E-state index is 14.0. The number of rotatable bonds is 14. The van der Waals surface area contributed by atoms with E-state index in [9.17, 15) is 40.4 Å². The molecule has 2 atom stereocenters. The number of anilines is 2. The van der Waals surface area contributed by atoms with Gasteiger partial charge in [0.2, 0.25) is 23.6 Å². The van der Waals surface area contributed by atoms with Gasteiger partial charge in [0.05, 0.1) is 38.0 Å². The first-order valence-corrected chi connectivity index (χ1v) is 16.6. The van der Waals surface area contributed by atoms with Crippen LogP contribution in [0.15, 0.2) is 73.1 Å². The molecule has 0 saturated carbocycles. The predicted octanol–water partition coefficient (Wildman–Crippen LogP) is 3.03. The summed E-state index contributed by atoms with van der Waals surface area (Å²) in [7, 11) is 0.389. The first-order valence-electron chi connectivity index (χ1n) is 15.1. The number of halogens is 4. The van der Waals surface area contributed by atoms with Crippen molar-refractivity contribution in [2.45, 2.75) is 24.9 Å². The van der Waals surface area contributed by atoms with E-state index >= 15 is 0 Å². The molecule has 19 heteroatoms. The zero-order valence-electron chi connectivity index (χ0n) is 28.1. The topological polar surface area (TPSA) is 172 Å². The molecule has 0 aliphatic carbocycles. The van der Waals surface area contributed by atoms with Crippen molar-refractivity contribution in [2.24, 2.45) is 0 Å².